The van der Waals surface area contributed by atoms with Crippen LogP contribution in [0.15, 0.2) is 43.0 Å². The summed E-state index contributed by atoms with van der Waals surface area (Å²) in [5.41, 5.74) is 4.39. The lowest BCUT2D eigenvalue weighted by molar-refractivity contribution is -0.117. The third-order valence-electron chi connectivity index (χ3n) is 6.85. The number of rotatable bonds is 6. The Hall–Kier alpha value is -4.12. The van der Waals surface area contributed by atoms with E-state index in [2.05, 4.69) is 49.7 Å². The van der Waals surface area contributed by atoms with Crippen molar-refractivity contribution in [3.63, 3.8) is 0 Å². The van der Waals surface area contributed by atoms with E-state index >= 15 is 0 Å². The van der Waals surface area contributed by atoms with E-state index in [1.807, 2.05) is 25.4 Å². The molecule has 1 fully saturated rings. The van der Waals surface area contributed by atoms with Crippen molar-refractivity contribution in [2.45, 2.75) is 33.6 Å². The first-order valence-electron chi connectivity index (χ1n) is 12.3. The highest BCUT2D eigenvalue weighted by Gasteiger charge is 2.26. The first-order valence-corrected chi connectivity index (χ1v) is 12.3. The number of nitrogens with one attached hydrogen (secondary N) is 2. The molecule has 4 aromatic heterocycles. The van der Waals surface area contributed by atoms with E-state index in [1.165, 1.54) is 0 Å². The molecule has 5 heterocycles. The van der Waals surface area contributed by atoms with Crippen molar-refractivity contribution in [1.82, 2.24) is 34.3 Å². The van der Waals surface area contributed by atoms with E-state index in [4.69, 9.17) is 0 Å². The first kappa shape index (κ1) is 24.6. The molecule has 0 unspecified atom stereocenters. The molecule has 0 saturated carbocycles. The van der Waals surface area contributed by atoms with Gasteiger partial charge in [-0.05, 0) is 62.0 Å². The molecule has 1 saturated heterocycles. The van der Waals surface area contributed by atoms with Crippen LogP contribution in [0.3, 0.4) is 0 Å². The molecule has 37 heavy (non-hydrogen) atoms. The maximum atomic E-state index is 13.1. The monoisotopic (exact) mass is 501 g/mol. The minimum absolute atomic E-state index is 0.101. The quantitative estimate of drug-likeness (QED) is 0.416. The number of aromatic nitrogens is 6. The molecule has 0 aromatic carbocycles. The van der Waals surface area contributed by atoms with E-state index in [-0.39, 0.29) is 11.7 Å². The van der Waals surface area contributed by atoms with Gasteiger partial charge in [0.05, 0.1) is 36.0 Å². The zero-order valence-electron chi connectivity index (χ0n) is 21.5. The van der Waals surface area contributed by atoms with Crippen LogP contribution in [0, 0.1) is 12.3 Å². The Morgan fingerprint density at radius 2 is 1.84 bits per heavy atom. The number of carbonyl (C=O) groups excluding carboxylic acids is 2. The van der Waals surface area contributed by atoms with E-state index in [9.17, 15) is 9.59 Å². The summed E-state index contributed by atoms with van der Waals surface area (Å²) < 4.78 is 3.35. The fourth-order valence-electron chi connectivity index (χ4n) is 4.42. The zero-order chi connectivity index (χ0) is 26.2. The molecular formula is C26H31N9O2. The highest BCUT2D eigenvalue weighted by Crippen LogP contribution is 2.29. The van der Waals surface area contributed by atoms with Crippen molar-refractivity contribution >= 4 is 28.8 Å². The molecule has 192 valence electrons. The molecule has 0 radical (unpaired) electrons. The van der Waals surface area contributed by atoms with Crippen LogP contribution in [-0.4, -0.2) is 65.7 Å². The van der Waals surface area contributed by atoms with Gasteiger partial charge in [0.1, 0.15) is 0 Å². The molecule has 0 atom stereocenters. The fourth-order valence-corrected chi connectivity index (χ4v) is 4.42. The van der Waals surface area contributed by atoms with Crippen molar-refractivity contribution in [2.24, 2.45) is 12.5 Å². The summed E-state index contributed by atoms with van der Waals surface area (Å²) in [6.07, 6.45) is 9.18. The second kappa shape index (κ2) is 9.74. The molecule has 0 bridgehead atoms. The predicted octanol–water partition coefficient (Wildman–Crippen LogP) is 3.15. The molecule has 1 aliphatic rings. The normalized spacial score (nSPS) is 15.6. The van der Waals surface area contributed by atoms with Gasteiger partial charge in [0, 0.05) is 25.0 Å². The summed E-state index contributed by atoms with van der Waals surface area (Å²) in [5.74, 6) is -0.379. The van der Waals surface area contributed by atoms with Crippen LogP contribution in [0.25, 0.3) is 16.8 Å². The van der Waals surface area contributed by atoms with Gasteiger partial charge in [-0.15, -0.1) is 10.2 Å². The minimum atomic E-state index is -0.425. The van der Waals surface area contributed by atoms with Gasteiger partial charge < -0.3 is 10.6 Å². The fraction of sp³-hybridized carbons (Fsp3) is 0.385. The molecule has 0 aliphatic carbocycles. The minimum Gasteiger partial charge on any atom is -0.324 e. The molecule has 2 amide bonds. The largest absolute Gasteiger partial charge is 0.324 e. The van der Waals surface area contributed by atoms with Crippen LogP contribution in [-0.2, 0) is 11.8 Å². The number of pyridine rings is 2. The SMILES string of the molecule is Cc1ncc(NC(=O)CN2CCC(C)(C)CC2)cc1NC(=O)c1nnc2cc(-c3cnn(C)c3)ccn12. The molecule has 1 aliphatic heterocycles. The molecule has 5 rings (SSSR count). The van der Waals surface area contributed by atoms with Crippen molar-refractivity contribution < 1.29 is 9.59 Å². The maximum Gasteiger partial charge on any atom is 0.294 e. The smallest absolute Gasteiger partial charge is 0.294 e. The van der Waals surface area contributed by atoms with Crippen LogP contribution in [0.1, 0.15) is 43.0 Å². The number of anilines is 2. The molecule has 2 N–H and O–H groups in total. The van der Waals surface area contributed by atoms with Crippen LogP contribution in [0.4, 0.5) is 11.4 Å². The standard InChI is InChI=1S/C26H31N9O2/c1-17-21(12-20(14-27-17)29-23(36)16-34-9-6-26(2,3)7-10-34)30-25(37)24-32-31-22-11-18(5-8-35(22)24)19-13-28-33(4)15-19/h5,8,11-15H,6-7,9-10,16H2,1-4H3,(H,29,36)(H,30,37). The third-order valence-corrected chi connectivity index (χ3v) is 6.85. The number of amides is 2. The Labute approximate surface area is 214 Å². The average molecular weight is 502 g/mol. The summed E-state index contributed by atoms with van der Waals surface area (Å²) in [6.45, 7) is 8.46. The number of nitrogens with zero attached hydrogens (tertiary/aromatic N) is 7. The zero-order valence-corrected chi connectivity index (χ0v) is 21.5. The van der Waals surface area contributed by atoms with Gasteiger partial charge in [-0.1, -0.05) is 13.8 Å². The van der Waals surface area contributed by atoms with Gasteiger partial charge in [-0.25, -0.2) is 0 Å². The predicted molar refractivity (Wildman–Crippen MR) is 140 cm³/mol. The maximum absolute atomic E-state index is 13.1. The summed E-state index contributed by atoms with van der Waals surface area (Å²) in [5, 5.41) is 18.2. The molecule has 11 heteroatoms. The number of aryl methyl sites for hydroxylation is 2. The summed E-state index contributed by atoms with van der Waals surface area (Å²) in [7, 11) is 1.86. The van der Waals surface area contributed by atoms with Gasteiger partial charge in [0.2, 0.25) is 11.7 Å². The number of fused-ring (bicyclic) bond motifs is 1. The van der Waals surface area contributed by atoms with E-state index in [1.54, 1.807) is 40.7 Å². The second-order valence-corrected chi connectivity index (χ2v) is 10.4. The first-order chi connectivity index (χ1) is 17.7. The van der Waals surface area contributed by atoms with Crippen LogP contribution in [0.2, 0.25) is 0 Å². The van der Waals surface area contributed by atoms with Gasteiger partial charge in [0.15, 0.2) is 5.65 Å². The molecule has 4 aromatic rings. The lowest BCUT2D eigenvalue weighted by Crippen LogP contribution is -2.41. The number of hydrogen-bond acceptors (Lipinski definition) is 7. The number of likely N-dealkylation sites (tertiary alicyclic amines) is 1. The number of hydrogen-bond donors (Lipinski definition) is 2. The summed E-state index contributed by atoms with van der Waals surface area (Å²) in [6, 6.07) is 5.45. The van der Waals surface area contributed by atoms with Crippen molar-refractivity contribution in [1.29, 1.82) is 0 Å². The van der Waals surface area contributed by atoms with Gasteiger partial charge >= 0.3 is 0 Å². The molecule has 11 nitrogen and oxygen atoms in total. The third kappa shape index (κ3) is 5.51. The summed E-state index contributed by atoms with van der Waals surface area (Å²) in [4.78, 5) is 32.2. The molecule has 0 spiro atoms. The van der Waals surface area contributed by atoms with E-state index in [0.29, 0.717) is 34.7 Å². The number of carbonyl (C=O) groups is 2. The van der Waals surface area contributed by atoms with Crippen molar-refractivity contribution in [3.05, 3.63) is 54.5 Å². The second-order valence-electron chi connectivity index (χ2n) is 10.4. The van der Waals surface area contributed by atoms with Crippen molar-refractivity contribution in [3.8, 4) is 11.1 Å². The Balaban J connectivity index is 1.26. The Morgan fingerprint density at radius 3 is 2.57 bits per heavy atom. The van der Waals surface area contributed by atoms with Crippen LogP contribution in [0.5, 0.6) is 0 Å². The average Bonchev–Trinajstić information content (AvgIpc) is 3.48. The Bertz CT molecular complexity index is 1460. The lowest BCUT2D eigenvalue weighted by atomic mass is 9.83. The Kier molecular flexibility index (Phi) is 6.46. The summed E-state index contributed by atoms with van der Waals surface area (Å²) >= 11 is 0. The molecular weight excluding hydrogens is 470 g/mol. The van der Waals surface area contributed by atoms with Crippen LogP contribution >= 0.6 is 0 Å². The highest BCUT2D eigenvalue weighted by molar-refractivity contribution is 6.03. The highest BCUT2D eigenvalue weighted by atomic mass is 16.2. The van der Waals surface area contributed by atoms with Crippen LogP contribution < -0.4 is 10.6 Å². The number of piperidine rings is 1. The van der Waals surface area contributed by atoms with Gasteiger partial charge in [-0.2, -0.15) is 5.10 Å². The lowest BCUT2D eigenvalue weighted by Gasteiger charge is -2.36. The van der Waals surface area contributed by atoms with Gasteiger partial charge in [0.25, 0.3) is 5.91 Å². The van der Waals surface area contributed by atoms with E-state index in [0.717, 1.165) is 37.1 Å². The van der Waals surface area contributed by atoms with E-state index < -0.39 is 5.91 Å². The Morgan fingerprint density at radius 1 is 1.05 bits per heavy atom. The van der Waals surface area contributed by atoms with Crippen molar-refractivity contribution in [2.75, 3.05) is 30.3 Å². The van der Waals surface area contributed by atoms with Gasteiger partial charge in [-0.3, -0.25) is 28.6 Å². The topological polar surface area (TPSA) is 122 Å².